The first-order valence-electron chi connectivity index (χ1n) is 9.78. The van der Waals surface area contributed by atoms with E-state index in [1.54, 1.807) is 24.4 Å². The van der Waals surface area contributed by atoms with Gasteiger partial charge in [-0.1, -0.05) is 6.07 Å². The Morgan fingerprint density at radius 3 is 2.70 bits per heavy atom. The maximum atomic E-state index is 12.4. The minimum Gasteiger partial charge on any atom is -0.493 e. The number of nitrogens with zero attached hydrogens (tertiary/aromatic N) is 2. The van der Waals surface area contributed by atoms with Crippen LogP contribution in [-0.2, 0) is 9.59 Å². The van der Waals surface area contributed by atoms with Gasteiger partial charge in [0.25, 0.3) is 5.91 Å². The molecule has 9 nitrogen and oxygen atoms in total. The Kier molecular flexibility index (Phi) is 9.45. The van der Waals surface area contributed by atoms with Gasteiger partial charge < -0.3 is 24.8 Å². The van der Waals surface area contributed by atoms with Crippen LogP contribution in [0.15, 0.2) is 42.6 Å². The number of carbonyl (C=O) groups excluding carboxylic acids is 2. The summed E-state index contributed by atoms with van der Waals surface area (Å²) in [5.74, 6) is 0.436. The lowest BCUT2D eigenvalue weighted by Gasteiger charge is -2.17. The maximum absolute atomic E-state index is 12.4. The summed E-state index contributed by atoms with van der Waals surface area (Å²) in [4.78, 5) is 37.5. The first kappa shape index (κ1) is 25.4. The Hall–Kier alpha value is -3.83. The highest BCUT2D eigenvalue weighted by Crippen LogP contribution is 2.28. The van der Waals surface area contributed by atoms with Crippen LogP contribution in [0.5, 0.6) is 11.5 Å². The number of aldehydes is 1. The molecule has 12 heteroatoms. The zero-order valence-electron chi connectivity index (χ0n) is 17.4. The summed E-state index contributed by atoms with van der Waals surface area (Å²) in [5, 5.41) is 12.1. The van der Waals surface area contributed by atoms with Crippen molar-refractivity contribution in [1.29, 1.82) is 0 Å². The van der Waals surface area contributed by atoms with E-state index in [1.807, 2.05) is 18.2 Å². The summed E-state index contributed by atoms with van der Waals surface area (Å²) in [6.07, 6.45) is -3.19. The lowest BCUT2D eigenvalue weighted by Crippen LogP contribution is -2.36. The van der Waals surface area contributed by atoms with Crippen LogP contribution in [0.25, 0.3) is 0 Å². The van der Waals surface area contributed by atoms with Crippen LogP contribution < -0.4 is 14.8 Å². The van der Waals surface area contributed by atoms with Crippen molar-refractivity contribution in [2.24, 2.45) is 0 Å². The molecule has 0 spiro atoms. The number of aromatic nitrogens is 1. The molecule has 0 aliphatic carbocycles. The molecule has 0 saturated carbocycles. The van der Waals surface area contributed by atoms with Crippen molar-refractivity contribution in [1.82, 2.24) is 9.88 Å². The van der Waals surface area contributed by atoms with E-state index in [0.717, 1.165) is 18.8 Å². The van der Waals surface area contributed by atoms with Gasteiger partial charge in [-0.2, -0.15) is 13.2 Å². The summed E-state index contributed by atoms with van der Waals surface area (Å²) in [6, 6.07) is 10.6. The van der Waals surface area contributed by atoms with Gasteiger partial charge in [-0.15, -0.1) is 0 Å². The molecular weight excluding hydrogens is 447 g/mol. The van der Waals surface area contributed by atoms with Crippen LogP contribution >= 0.6 is 0 Å². The maximum Gasteiger partial charge on any atom is 0.446 e. The van der Waals surface area contributed by atoms with Crippen LogP contribution in [0.2, 0.25) is 0 Å². The highest BCUT2D eigenvalue weighted by Gasteiger charge is 2.26. The normalized spacial score (nSPS) is 12.9. The standard InChI is InChI=1S/C19H21N3O5.C2HF3O/c23-18(24)13-22-9-11-27-16-12-14(5-6-15(16)19(22)25)26-10-3-8-21-17-4-1-2-7-20-17;3-2(4,5)1-6/h1-2,4-7,12H,3,8-11,13H2,(H,20,21)(H,23,24);1H. The number of ether oxygens (including phenoxy) is 2. The molecule has 0 radical (unpaired) electrons. The molecule has 2 aromatic rings. The number of alkyl halides is 3. The summed E-state index contributed by atoms with van der Waals surface area (Å²) in [5.41, 5.74) is 0.345. The Morgan fingerprint density at radius 2 is 2.06 bits per heavy atom. The zero-order chi connectivity index (χ0) is 24.3. The molecular formula is C21H22F3N3O6. The fourth-order valence-corrected chi connectivity index (χ4v) is 2.69. The third-order valence-corrected chi connectivity index (χ3v) is 4.11. The first-order valence-corrected chi connectivity index (χ1v) is 9.78. The highest BCUT2D eigenvalue weighted by atomic mass is 19.4. The average molecular weight is 469 g/mol. The zero-order valence-corrected chi connectivity index (χ0v) is 17.4. The fraction of sp³-hybridized carbons (Fsp3) is 0.333. The van der Waals surface area contributed by atoms with Crippen molar-refractivity contribution >= 4 is 24.0 Å². The second-order valence-electron chi connectivity index (χ2n) is 6.63. The lowest BCUT2D eigenvalue weighted by molar-refractivity contribution is -0.156. The van der Waals surface area contributed by atoms with Crippen molar-refractivity contribution in [2.45, 2.75) is 12.6 Å². The predicted molar refractivity (Wildman–Crippen MR) is 110 cm³/mol. The summed E-state index contributed by atoms with van der Waals surface area (Å²) in [6.45, 7) is 1.35. The van der Waals surface area contributed by atoms with E-state index in [1.165, 1.54) is 4.90 Å². The number of carbonyl (C=O) groups is 3. The third-order valence-electron chi connectivity index (χ3n) is 4.11. The number of nitrogens with one attached hydrogen (secondary N) is 1. The fourth-order valence-electron chi connectivity index (χ4n) is 2.69. The average Bonchev–Trinajstić information content (AvgIpc) is 2.92. The largest absolute Gasteiger partial charge is 0.493 e. The molecule has 178 valence electrons. The quantitative estimate of drug-likeness (QED) is 0.448. The van der Waals surface area contributed by atoms with Crippen molar-refractivity contribution in [3.63, 3.8) is 0 Å². The number of halogens is 3. The Morgan fingerprint density at radius 1 is 1.30 bits per heavy atom. The predicted octanol–water partition coefficient (Wildman–Crippen LogP) is 2.63. The lowest BCUT2D eigenvalue weighted by atomic mass is 10.1. The number of anilines is 1. The number of fused-ring (bicyclic) bond motifs is 1. The van der Waals surface area contributed by atoms with Gasteiger partial charge in [0.1, 0.15) is 30.5 Å². The molecule has 0 unspecified atom stereocenters. The molecule has 0 saturated heterocycles. The number of carboxylic acids is 1. The molecule has 2 heterocycles. The Bertz CT molecular complexity index is 941. The number of rotatable bonds is 8. The molecule has 0 atom stereocenters. The Balaban J connectivity index is 0.000000569. The molecule has 1 aliphatic heterocycles. The topological polar surface area (TPSA) is 118 Å². The second kappa shape index (κ2) is 12.3. The van der Waals surface area contributed by atoms with Crippen LogP contribution in [0.1, 0.15) is 16.8 Å². The van der Waals surface area contributed by atoms with E-state index < -0.39 is 18.4 Å². The van der Waals surface area contributed by atoms with Crippen molar-refractivity contribution < 1.29 is 42.1 Å². The highest BCUT2D eigenvalue weighted by molar-refractivity contribution is 5.98. The number of amides is 1. The number of carboxylic acid groups (broad SMARTS) is 1. The molecule has 1 aliphatic rings. The van der Waals surface area contributed by atoms with Crippen LogP contribution in [0.4, 0.5) is 19.0 Å². The number of benzene rings is 1. The monoisotopic (exact) mass is 469 g/mol. The molecule has 3 rings (SSSR count). The number of pyridine rings is 1. The van der Waals surface area contributed by atoms with E-state index in [0.29, 0.717) is 23.7 Å². The molecule has 1 aromatic heterocycles. The number of hydrogen-bond donors (Lipinski definition) is 2. The van der Waals surface area contributed by atoms with Gasteiger partial charge in [0.2, 0.25) is 6.29 Å². The van der Waals surface area contributed by atoms with E-state index >= 15 is 0 Å². The summed E-state index contributed by atoms with van der Waals surface area (Å²) in [7, 11) is 0. The van der Waals surface area contributed by atoms with Gasteiger partial charge >= 0.3 is 12.1 Å². The van der Waals surface area contributed by atoms with E-state index in [2.05, 4.69) is 10.3 Å². The third kappa shape index (κ3) is 9.05. The van der Waals surface area contributed by atoms with E-state index in [9.17, 15) is 22.8 Å². The minimum atomic E-state index is -4.64. The van der Waals surface area contributed by atoms with Crippen LogP contribution in [0.3, 0.4) is 0 Å². The summed E-state index contributed by atoms with van der Waals surface area (Å²) < 4.78 is 42.6. The van der Waals surface area contributed by atoms with Crippen LogP contribution in [0, 0.1) is 0 Å². The molecule has 33 heavy (non-hydrogen) atoms. The SMILES string of the molecule is O=C(O)CN1CCOc2cc(OCCCNc3ccccn3)ccc2C1=O.O=CC(F)(F)F. The first-order chi connectivity index (χ1) is 15.7. The van der Waals surface area contributed by atoms with Crippen molar-refractivity contribution in [3.8, 4) is 11.5 Å². The van der Waals surface area contributed by atoms with Gasteiger partial charge in [-0.3, -0.25) is 14.4 Å². The van der Waals surface area contributed by atoms with Crippen LogP contribution in [-0.4, -0.2) is 72.2 Å². The number of hydrogen-bond acceptors (Lipinski definition) is 7. The van der Waals surface area contributed by atoms with Gasteiger partial charge in [0, 0.05) is 18.8 Å². The smallest absolute Gasteiger partial charge is 0.446 e. The van der Waals surface area contributed by atoms with Gasteiger partial charge in [0.05, 0.1) is 18.7 Å². The summed E-state index contributed by atoms with van der Waals surface area (Å²) >= 11 is 0. The minimum absolute atomic E-state index is 0.231. The van der Waals surface area contributed by atoms with E-state index in [-0.39, 0.29) is 25.6 Å². The molecule has 1 aromatic carbocycles. The van der Waals surface area contributed by atoms with Crippen molar-refractivity contribution in [3.05, 3.63) is 48.2 Å². The van der Waals surface area contributed by atoms with Gasteiger partial charge in [-0.05, 0) is 30.7 Å². The molecule has 2 N–H and O–H groups in total. The molecule has 1 amide bonds. The molecule has 0 fully saturated rings. The van der Waals surface area contributed by atoms with Crippen molar-refractivity contribution in [2.75, 3.05) is 38.2 Å². The Labute approximate surface area is 187 Å². The van der Waals surface area contributed by atoms with E-state index in [4.69, 9.17) is 19.4 Å². The van der Waals surface area contributed by atoms with Gasteiger partial charge in [-0.25, -0.2) is 4.98 Å². The molecule has 0 bridgehead atoms. The number of aliphatic carboxylic acids is 1. The van der Waals surface area contributed by atoms with Gasteiger partial charge in [0.15, 0.2) is 0 Å². The second-order valence-corrected chi connectivity index (χ2v) is 6.63.